The van der Waals surface area contributed by atoms with Crippen molar-refractivity contribution in [2.75, 3.05) is 31.8 Å². The van der Waals surface area contributed by atoms with Crippen molar-refractivity contribution in [2.45, 2.75) is 45.1 Å². The molecule has 3 N–H and O–H groups in total. The van der Waals surface area contributed by atoms with Gasteiger partial charge in [-0.15, -0.1) is 0 Å². The number of nitrogens with two attached hydrogens (primary N) is 1. The van der Waals surface area contributed by atoms with Crippen molar-refractivity contribution in [3.05, 3.63) is 0 Å². The number of nitrogens with one attached hydrogen (secondary N) is 1. The number of carbonyl (C=O) groups is 1. The van der Waals surface area contributed by atoms with Gasteiger partial charge in [0.05, 0.1) is 5.54 Å². The molecule has 0 spiro atoms. The number of ether oxygens (including phenoxy) is 1. The lowest BCUT2D eigenvalue weighted by atomic mass is 9.94. The zero-order valence-corrected chi connectivity index (χ0v) is 12.8. The number of methoxy groups -OCH3 is 1. The van der Waals surface area contributed by atoms with Gasteiger partial charge in [-0.25, -0.2) is 0 Å². The summed E-state index contributed by atoms with van der Waals surface area (Å²) in [7, 11) is 1.73. The van der Waals surface area contributed by atoms with E-state index in [1.54, 1.807) is 7.11 Å². The monoisotopic (exact) mass is 276 g/mol. The molecule has 0 saturated heterocycles. The van der Waals surface area contributed by atoms with E-state index in [-0.39, 0.29) is 5.91 Å². The first-order valence-corrected chi connectivity index (χ1v) is 7.84. The first-order valence-electron chi connectivity index (χ1n) is 6.68. The standard InChI is InChI=1S/C13H28N2O2S/c1-4-15-13(2,12(14)16)8-5-6-10-18-11-7-9-17-3/h15H,4-11H2,1-3H3,(H2,14,16). The minimum Gasteiger partial charge on any atom is -0.385 e. The van der Waals surface area contributed by atoms with Crippen molar-refractivity contribution < 1.29 is 9.53 Å². The summed E-state index contributed by atoms with van der Waals surface area (Å²) in [5.74, 6) is 2.04. The predicted molar refractivity (Wildman–Crippen MR) is 78.9 cm³/mol. The van der Waals surface area contributed by atoms with E-state index in [2.05, 4.69) is 5.32 Å². The highest BCUT2D eigenvalue weighted by molar-refractivity contribution is 7.99. The van der Waals surface area contributed by atoms with Crippen LogP contribution in [-0.4, -0.2) is 43.2 Å². The van der Waals surface area contributed by atoms with E-state index in [9.17, 15) is 4.79 Å². The number of carbonyl (C=O) groups excluding carboxylic acids is 1. The number of primary amides is 1. The number of hydrogen-bond acceptors (Lipinski definition) is 4. The number of thioether (sulfide) groups is 1. The highest BCUT2D eigenvalue weighted by Gasteiger charge is 2.28. The molecule has 0 aromatic rings. The van der Waals surface area contributed by atoms with Gasteiger partial charge in [-0.05, 0) is 44.2 Å². The molecule has 0 aromatic carbocycles. The van der Waals surface area contributed by atoms with Crippen LogP contribution in [0.5, 0.6) is 0 Å². The minimum absolute atomic E-state index is 0.253. The van der Waals surface area contributed by atoms with Gasteiger partial charge in [0.2, 0.25) is 5.91 Å². The summed E-state index contributed by atoms with van der Waals surface area (Å²) >= 11 is 1.95. The second-order valence-electron chi connectivity index (χ2n) is 4.64. The zero-order valence-electron chi connectivity index (χ0n) is 12.0. The molecule has 0 fully saturated rings. The molecule has 18 heavy (non-hydrogen) atoms. The van der Waals surface area contributed by atoms with E-state index in [0.29, 0.717) is 0 Å². The Hall–Kier alpha value is -0.260. The summed E-state index contributed by atoms with van der Waals surface area (Å²) in [6, 6.07) is 0. The summed E-state index contributed by atoms with van der Waals surface area (Å²) < 4.78 is 4.99. The maximum Gasteiger partial charge on any atom is 0.237 e. The van der Waals surface area contributed by atoms with Crippen LogP contribution in [0, 0.1) is 0 Å². The Kier molecular flexibility index (Phi) is 10.5. The quantitative estimate of drug-likeness (QED) is 0.533. The van der Waals surface area contributed by atoms with Gasteiger partial charge < -0.3 is 15.8 Å². The average Bonchev–Trinajstić information content (AvgIpc) is 2.33. The molecule has 1 unspecified atom stereocenters. The molecule has 0 aliphatic heterocycles. The van der Waals surface area contributed by atoms with Gasteiger partial charge in [0.25, 0.3) is 0 Å². The lowest BCUT2D eigenvalue weighted by Crippen LogP contribution is -2.52. The van der Waals surface area contributed by atoms with Crippen LogP contribution in [0.1, 0.15) is 39.5 Å². The lowest BCUT2D eigenvalue weighted by Gasteiger charge is -2.26. The number of hydrogen-bond donors (Lipinski definition) is 2. The van der Waals surface area contributed by atoms with E-state index < -0.39 is 5.54 Å². The van der Waals surface area contributed by atoms with Crippen molar-refractivity contribution >= 4 is 17.7 Å². The highest BCUT2D eigenvalue weighted by atomic mass is 32.2. The van der Waals surface area contributed by atoms with Crippen LogP contribution in [0.4, 0.5) is 0 Å². The first kappa shape index (κ1) is 17.7. The summed E-state index contributed by atoms with van der Waals surface area (Å²) in [6.45, 7) is 5.50. The van der Waals surface area contributed by atoms with Gasteiger partial charge in [0, 0.05) is 13.7 Å². The Morgan fingerprint density at radius 2 is 2.00 bits per heavy atom. The fourth-order valence-corrected chi connectivity index (χ4v) is 2.71. The number of amides is 1. The molecule has 0 aromatic heterocycles. The Bertz CT molecular complexity index is 227. The van der Waals surface area contributed by atoms with Crippen molar-refractivity contribution in [1.82, 2.24) is 5.32 Å². The Morgan fingerprint density at radius 3 is 2.56 bits per heavy atom. The normalized spacial score (nSPS) is 14.4. The number of rotatable bonds is 12. The predicted octanol–water partition coefficient (Wildman–Crippen LogP) is 1.78. The molecule has 0 bridgehead atoms. The molecule has 1 atom stereocenters. The molecule has 5 heteroatoms. The van der Waals surface area contributed by atoms with Gasteiger partial charge in [-0.1, -0.05) is 13.3 Å². The zero-order chi connectivity index (χ0) is 13.9. The largest absolute Gasteiger partial charge is 0.385 e. The molecule has 0 aliphatic carbocycles. The van der Waals surface area contributed by atoms with Crippen molar-refractivity contribution in [3.63, 3.8) is 0 Å². The topological polar surface area (TPSA) is 64.3 Å². The molecule has 0 aliphatic rings. The fraction of sp³-hybridized carbons (Fsp3) is 0.923. The van der Waals surface area contributed by atoms with Gasteiger partial charge in [-0.2, -0.15) is 11.8 Å². The van der Waals surface area contributed by atoms with Gasteiger partial charge in [0.15, 0.2) is 0 Å². The van der Waals surface area contributed by atoms with Gasteiger partial charge >= 0.3 is 0 Å². The molecule has 0 saturated carbocycles. The van der Waals surface area contributed by atoms with Crippen LogP contribution < -0.4 is 11.1 Å². The number of unbranched alkanes of at least 4 members (excludes halogenated alkanes) is 1. The Labute approximate surface area is 115 Å². The maximum absolute atomic E-state index is 11.4. The maximum atomic E-state index is 11.4. The van der Waals surface area contributed by atoms with Crippen LogP contribution in [0.2, 0.25) is 0 Å². The first-order chi connectivity index (χ1) is 8.56. The smallest absolute Gasteiger partial charge is 0.237 e. The molecule has 108 valence electrons. The third kappa shape index (κ3) is 7.95. The van der Waals surface area contributed by atoms with E-state index in [1.807, 2.05) is 25.6 Å². The van der Waals surface area contributed by atoms with Crippen LogP contribution in [0.15, 0.2) is 0 Å². The molecule has 4 nitrogen and oxygen atoms in total. The SMILES string of the molecule is CCNC(C)(CCCCSCCCOC)C(N)=O. The molecule has 0 radical (unpaired) electrons. The Morgan fingerprint density at radius 1 is 1.33 bits per heavy atom. The fourth-order valence-electron chi connectivity index (χ4n) is 1.78. The van der Waals surface area contributed by atoms with Crippen LogP contribution in [-0.2, 0) is 9.53 Å². The summed E-state index contributed by atoms with van der Waals surface area (Å²) in [4.78, 5) is 11.4. The second kappa shape index (κ2) is 10.6. The lowest BCUT2D eigenvalue weighted by molar-refractivity contribution is -0.124. The van der Waals surface area contributed by atoms with Gasteiger partial charge in [-0.3, -0.25) is 4.79 Å². The van der Waals surface area contributed by atoms with Crippen molar-refractivity contribution in [1.29, 1.82) is 0 Å². The van der Waals surface area contributed by atoms with Crippen LogP contribution in [0.25, 0.3) is 0 Å². The molecular weight excluding hydrogens is 248 g/mol. The van der Waals surface area contributed by atoms with Gasteiger partial charge in [0.1, 0.15) is 0 Å². The minimum atomic E-state index is -0.546. The number of likely N-dealkylation sites (N-methyl/N-ethyl adjacent to an activating group) is 1. The molecule has 0 heterocycles. The van der Waals surface area contributed by atoms with E-state index in [0.717, 1.165) is 50.3 Å². The van der Waals surface area contributed by atoms with Crippen molar-refractivity contribution in [3.8, 4) is 0 Å². The summed E-state index contributed by atoms with van der Waals surface area (Å²) in [5, 5.41) is 3.18. The van der Waals surface area contributed by atoms with E-state index in [1.165, 1.54) is 0 Å². The molecule has 0 rings (SSSR count). The second-order valence-corrected chi connectivity index (χ2v) is 5.87. The summed E-state index contributed by atoms with van der Waals surface area (Å²) in [6.07, 6.45) is 4.09. The highest BCUT2D eigenvalue weighted by Crippen LogP contribution is 2.15. The molecular formula is C13H28N2O2S. The average molecular weight is 276 g/mol. The van der Waals surface area contributed by atoms with Crippen molar-refractivity contribution in [2.24, 2.45) is 5.73 Å². The molecule has 1 amide bonds. The van der Waals surface area contributed by atoms with Crippen LogP contribution >= 0.6 is 11.8 Å². The van der Waals surface area contributed by atoms with Crippen LogP contribution in [0.3, 0.4) is 0 Å². The van der Waals surface area contributed by atoms with E-state index >= 15 is 0 Å². The Balaban J connectivity index is 3.59. The summed E-state index contributed by atoms with van der Waals surface area (Å²) in [5.41, 5.74) is 4.89. The third-order valence-electron chi connectivity index (χ3n) is 2.96. The van der Waals surface area contributed by atoms with E-state index in [4.69, 9.17) is 10.5 Å². The third-order valence-corrected chi connectivity index (χ3v) is 4.12.